The second-order valence-electron chi connectivity index (χ2n) is 5.87. The summed E-state index contributed by atoms with van der Waals surface area (Å²) in [6.07, 6.45) is 4.80. The molecule has 0 unspecified atom stereocenters. The van der Waals surface area contributed by atoms with E-state index in [4.69, 9.17) is 4.74 Å². The van der Waals surface area contributed by atoms with Crippen LogP contribution in [0.3, 0.4) is 0 Å². The Morgan fingerprint density at radius 1 is 1.21 bits per heavy atom. The first-order valence-corrected chi connectivity index (χ1v) is 6.66. The highest BCUT2D eigenvalue weighted by Crippen LogP contribution is 2.30. The van der Waals surface area contributed by atoms with Gasteiger partial charge in [-0.25, -0.2) is 0 Å². The predicted octanol–water partition coefficient (Wildman–Crippen LogP) is 3.34. The van der Waals surface area contributed by atoms with Crippen LogP contribution in [0.15, 0.2) is 36.7 Å². The molecule has 0 aliphatic carbocycles. The van der Waals surface area contributed by atoms with Crippen LogP contribution < -0.4 is 4.74 Å². The number of aryl methyl sites for hydroxylation is 1. The Hall–Kier alpha value is -1.77. The molecule has 1 aromatic carbocycles. The summed E-state index contributed by atoms with van der Waals surface area (Å²) >= 11 is 0. The SMILES string of the molecule is Cn1cc(CCOc2ccccc2C(C)(C)C)cn1. The highest BCUT2D eigenvalue weighted by Gasteiger charge is 2.18. The highest BCUT2D eigenvalue weighted by molar-refractivity contribution is 5.38. The number of ether oxygens (including phenoxy) is 1. The molecule has 0 saturated heterocycles. The van der Waals surface area contributed by atoms with E-state index in [2.05, 4.69) is 38.0 Å². The van der Waals surface area contributed by atoms with Crippen molar-refractivity contribution in [1.29, 1.82) is 0 Å². The van der Waals surface area contributed by atoms with Gasteiger partial charge in [-0.05, 0) is 22.6 Å². The lowest BCUT2D eigenvalue weighted by atomic mass is 9.86. The van der Waals surface area contributed by atoms with Crippen molar-refractivity contribution < 1.29 is 4.74 Å². The van der Waals surface area contributed by atoms with Gasteiger partial charge in [0.25, 0.3) is 0 Å². The molecule has 0 fully saturated rings. The summed E-state index contributed by atoms with van der Waals surface area (Å²) in [5.74, 6) is 0.985. The van der Waals surface area contributed by atoms with E-state index in [1.165, 1.54) is 11.1 Å². The Balaban J connectivity index is 2.00. The van der Waals surface area contributed by atoms with E-state index in [-0.39, 0.29) is 5.41 Å². The molecular weight excluding hydrogens is 236 g/mol. The molecule has 102 valence electrons. The first-order chi connectivity index (χ1) is 8.97. The molecule has 1 heterocycles. The zero-order chi connectivity index (χ0) is 13.9. The maximum absolute atomic E-state index is 5.94. The van der Waals surface area contributed by atoms with Gasteiger partial charge >= 0.3 is 0 Å². The van der Waals surface area contributed by atoms with Gasteiger partial charge in [-0.2, -0.15) is 5.10 Å². The van der Waals surface area contributed by atoms with E-state index in [1.54, 1.807) is 0 Å². The summed E-state index contributed by atoms with van der Waals surface area (Å²) in [4.78, 5) is 0. The van der Waals surface area contributed by atoms with Gasteiger partial charge in [0.1, 0.15) is 5.75 Å². The molecule has 0 radical (unpaired) electrons. The molecule has 2 aromatic rings. The third-order valence-corrected chi connectivity index (χ3v) is 3.10. The van der Waals surface area contributed by atoms with Crippen LogP contribution in [-0.2, 0) is 18.9 Å². The second-order valence-corrected chi connectivity index (χ2v) is 5.87. The molecule has 3 nitrogen and oxygen atoms in total. The monoisotopic (exact) mass is 258 g/mol. The van der Waals surface area contributed by atoms with E-state index < -0.39 is 0 Å². The average molecular weight is 258 g/mol. The molecule has 0 aliphatic heterocycles. The van der Waals surface area contributed by atoms with E-state index in [9.17, 15) is 0 Å². The number of benzene rings is 1. The Morgan fingerprint density at radius 3 is 2.58 bits per heavy atom. The van der Waals surface area contributed by atoms with Gasteiger partial charge in [-0.3, -0.25) is 4.68 Å². The van der Waals surface area contributed by atoms with Crippen LogP contribution >= 0.6 is 0 Å². The molecule has 19 heavy (non-hydrogen) atoms. The van der Waals surface area contributed by atoms with Gasteiger partial charge in [-0.1, -0.05) is 39.0 Å². The molecular formula is C16H22N2O. The van der Waals surface area contributed by atoms with Crippen LogP contribution in [0.4, 0.5) is 0 Å². The molecule has 0 bridgehead atoms. The summed E-state index contributed by atoms with van der Waals surface area (Å²) in [6, 6.07) is 8.27. The first kappa shape index (κ1) is 13.7. The average Bonchev–Trinajstić information content (AvgIpc) is 2.74. The third-order valence-electron chi connectivity index (χ3n) is 3.10. The van der Waals surface area contributed by atoms with Crippen LogP contribution in [-0.4, -0.2) is 16.4 Å². The zero-order valence-electron chi connectivity index (χ0n) is 12.2. The van der Waals surface area contributed by atoms with Crippen LogP contribution in [0.1, 0.15) is 31.9 Å². The lowest BCUT2D eigenvalue weighted by Crippen LogP contribution is -2.14. The van der Waals surface area contributed by atoms with E-state index in [0.29, 0.717) is 6.61 Å². The van der Waals surface area contributed by atoms with Crippen molar-refractivity contribution in [2.45, 2.75) is 32.6 Å². The van der Waals surface area contributed by atoms with E-state index in [0.717, 1.165) is 12.2 Å². The fourth-order valence-electron chi connectivity index (χ4n) is 2.09. The molecule has 1 aromatic heterocycles. The number of hydrogen-bond acceptors (Lipinski definition) is 2. The number of rotatable bonds is 4. The fourth-order valence-corrected chi connectivity index (χ4v) is 2.09. The summed E-state index contributed by atoms with van der Waals surface area (Å²) in [6.45, 7) is 7.29. The maximum Gasteiger partial charge on any atom is 0.123 e. The summed E-state index contributed by atoms with van der Waals surface area (Å²) in [5, 5.41) is 4.16. The molecule has 0 aliphatic rings. The van der Waals surface area contributed by atoms with Gasteiger partial charge in [-0.15, -0.1) is 0 Å². The van der Waals surface area contributed by atoms with Crippen molar-refractivity contribution >= 4 is 0 Å². The minimum Gasteiger partial charge on any atom is -0.493 e. The molecule has 0 atom stereocenters. The lowest BCUT2D eigenvalue weighted by Gasteiger charge is -2.22. The van der Waals surface area contributed by atoms with Gasteiger partial charge in [0.15, 0.2) is 0 Å². The predicted molar refractivity (Wildman–Crippen MR) is 77.5 cm³/mol. The minimum atomic E-state index is 0.102. The van der Waals surface area contributed by atoms with Crippen molar-refractivity contribution in [3.05, 3.63) is 47.8 Å². The largest absolute Gasteiger partial charge is 0.493 e. The molecule has 2 rings (SSSR count). The Bertz CT molecular complexity index is 538. The summed E-state index contributed by atoms with van der Waals surface area (Å²) in [7, 11) is 1.93. The topological polar surface area (TPSA) is 27.1 Å². The van der Waals surface area contributed by atoms with Crippen molar-refractivity contribution in [3.63, 3.8) is 0 Å². The molecule has 0 saturated carbocycles. The van der Waals surface area contributed by atoms with Crippen molar-refractivity contribution in [2.24, 2.45) is 7.05 Å². The second kappa shape index (κ2) is 5.47. The van der Waals surface area contributed by atoms with Crippen molar-refractivity contribution in [1.82, 2.24) is 9.78 Å². The molecule has 0 amide bonds. The van der Waals surface area contributed by atoms with Gasteiger partial charge in [0, 0.05) is 19.7 Å². The van der Waals surface area contributed by atoms with Crippen LogP contribution in [0, 0.1) is 0 Å². The van der Waals surface area contributed by atoms with Crippen LogP contribution in [0.5, 0.6) is 5.75 Å². The lowest BCUT2D eigenvalue weighted by molar-refractivity contribution is 0.313. The van der Waals surface area contributed by atoms with Crippen molar-refractivity contribution in [3.8, 4) is 5.75 Å². The van der Waals surface area contributed by atoms with Gasteiger partial charge < -0.3 is 4.74 Å². The number of aromatic nitrogens is 2. The Kier molecular flexibility index (Phi) is 3.93. The maximum atomic E-state index is 5.94. The van der Waals surface area contributed by atoms with Gasteiger partial charge in [0.2, 0.25) is 0 Å². The molecule has 0 spiro atoms. The molecule has 0 N–H and O–H groups in total. The smallest absolute Gasteiger partial charge is 0.123 e. The summed E-state index contributed by atoms with van der Waals surface area (Å²) < 4.78 is 7.76. The molecule has 3 heteroatoms. The van der Waals surface area contributed by atoms with Crippen LogP contribution in [0.25, 0.3) is 0 Å². The normalized spacial score (nSPS) is 11.6. The first-order valence-electron chi connectivity index (χ1n) is 6.66. The zero-order valence-corrected chi connectivity index (χ0v) is 12.2. The third kappa shape index (κ3) is 3.60. The van der Waals surface area contributed by atoms with E-state index >= 15 is 0 Å². The van der Waals surface area contributed by atoms with Crippen LogP contribution in [0.2, 0.25) is 0 Å². The number of para-hydroxylation sites is 1. The Morgan fingerprint density at radius 2 is 1.95 bits per heavy atom. The standard InChI is InChI=1S/C16H22N2O/c1-16(2,3)14-7-5-6-8-15(14)19-10-9-13-11-17-18(4)12-13/h5-8,11-12H,9-10H2,1-4H3. The van der Waals surface area contributed by atoms with Gasteiger partial charge in [0.05, 0.1) is 12.8 Å². The quantitative estimate of drug-likeness (QED) is 0.841. The van der Waals surface area contributed by atoms with Crippen molar-refractivity contribution in [2.75, 3.05) is 6.61 Å². The number of hydrogen-bond donors (Lipinski definition) is 0. The summed E-state index contributed by atoms with van der Waals surface area (Å²) in [5.41, 5.74) is 2.56. The minimum absolute atomic E-state index is 0.102. The fraction of sp³-hybridized carbons (Fsp3) is 0.438. The number of nitrogens with zero attached hydrogens (tertiary/aromatic N) is 2. The Labute approximate surface area is 115 Å². The highest BCUT2D eigenvalue weighted by atomic mass is 16.5. The van der Waals surface area contributed by atoms with E-state index in [1.807, 2.05) is 36.3 Å².